The molecule has 146 valence electrons. The number of carbonyl (C=O) groups is 3. The van der Waals surface area contributed by atoms with Gasteiger partial charge in [0.1, 0.15) is 17.9 Å². The van der Waals surface area contributed by atoms with Crippen LogP contribution in [0.3, 0.4) is 0 Å². The van der Waals surface area contributed by atoms with Gasteiger partial charge in [-0.3, -0.25) is 14.9 Å². The maximum atomic E-state index is 13.0. The van der Waals surface area contributed by atoms with Crippen LogP contribution in [0.25, 0.3) is 6.08 Å². The van der Waals surface area contributed by atoms with Gasteiger partial charge in [-0.2, -0.15) is 0 Å². The van der Waals surface area contributed by atoms with Crippen LogP contribution in [0.1, 0.15) is 16.7 Å². The zero-order valence-corrected chi connectivity index (χ0v) is 16.5. The van der Waals surface area contributed by atoms with Gasteiger partial charge in [-0.15, -0.1) is 6.42 Å². The molecule has 1 heterocycles. The van der Waals surface area contributed by atoms with Gasteiger partial charge in [0.05, 0.1) is 10.7 Å². The van der Waals surface area contributed by atoms with Gasteiger partial charge in [0.15, 0.2) is 0 Å². The molecule has 0 bridgehead atoms. The lowest BCUT2D eigenvalue weighted by atomic mass is 10.0. The van der Waals surface area contributed by atoms with Crippen molar-refractivity contribution in [2.75, 3.05) is 11.5 Å². The van der Waals surface area contributed by atoms with E-state index in [2.05, 4.69) is 11.2 Å². The van der Waals surface area contributed by atoms with Gasteiger partial charge in [0.25, 0.3) is 11.8 Å². The number of urea groups is 1. The number of ether oxygens (including phenoxy) is 1. The molecule has 0 unspecified atom stereocenters. The third kappa shape index (κ3) is 4.15. The van der Waals surface area contributed by atoms with E-state index in [1.807, 2.05) is 13.0 Å². The van der Waals surface area contributed by atoms with Crippen molar-refractivity contribution >= 4 is 41.2 Å². The van der Waals surface area contributed by atoms with Crippen LogP contribution in [-0.2, 0) is 9.59 Å². The fourth-order valence-electron chi connectivity index (χ4n) is 2.94. The quantitative estimate of drug-likeness (QED) is 0.476. The van der Waals surface area contributed by atoms with Crippen molar-refractivity contribution in [1.82, 2.24) is 5.32 Å². The number of terminal acetylenes is 1. The van der Waals surface area contributed by atoms with Crippen molar-refractivity contribution in [3.63, 3.8) is 0 Å². The number of rotatable bonds is 4. The number of hydrogen-bond donors (Lipinski definition) is 1. The molecule has 0 aliphatic carbocycles. The molecule has 0 radical (unpaired) electrons. The minimum absolute atomic E-state index is 0.0635. The van der Waals surface area contributed by atoms with Crippen LogP contribution < -0.4 is 15.0 Å². The van der Waals surface area contributed by atoms with Gasteiger partial charge >= 0.3 is 6.03 Å². The molecule has 2 aromatic carbocycles. The average molecular weight is 409 g/mol. The number of amides is 4. The van der Waals surface area contributed by atoms with Gasteiger partial charge in [-0.05, 0) is 49.2 Å². The van der Waals surface area contributed by atoms with E-state index in [1.165, 1.54) is 6.08 Å². The molecule has 1 fully saturated rings. The summed E-state index contributed by atoms with van der Waals surface area (Å²) in [5.41, 5.74) is 2.45. The first kappa shape index (κ1) is 20.2. The lowest BCUT2D eigenvalue weighted by Crippen LogP contribution is -2.54. The molecule has 2 aromatic rings. The Balaban J connectivity index is 1.97. The minimum Gasteiger partial charge on any atom is -0.479 e. The predicted octanol–water partition coefficient (Wildman–Crippen LogP) is 3.64. The van der Waals surface area contributed by atoms with Crippen molar-refractivity contribution in [2.24, 2.45) is 0 Å². The van der Waals surface area contributed by atoms with E-state index in [9.17, 15) is 14.4 Å². The number of nitrogens with one attached hydrogen (secondary N) is 1. The summed E-state index contributed by atoms with van der Waals surface area (Å²) in [6, 6.07) is 9.28. The first-order valence-electron chi connectivity index (χ1n) is 8.66. The highest BCUT2D eigenvalue weighted by atomic mass is 35.5. The zero-order valence-electron chi connectivity index (χ0n) is 15.8. The SMILES string of the molecule is C#CCOc1ccc(/C=C2\C(=O)NC(=O)N(c3ccc(C)cc3C)C2=O)cc1Cl. The number of halogens is 1. The second-order valence-electron chi connectivity index (χ2n) is 6.43. The number of imide groups is 2. The summed E-state index contributed by atoms with van der Waals surface area (Å²) < 4.78 is 5.30. The van der Waals surface area contributed by atoms with Crippen LogP contribution in [-0.4, -0.2) is 24.5 Å². The highest BCUT2D eigenvalue weighted by Crippen LogP contribution is 2.29. The standard InChI is InChI=1S/C22H17ClN2O4/c1-4-9-29-19-8-6-15(12-17(19)23)11-16-20(26)24-22(28)25(21(16)27)18-7-5-13(2)10-14(18)3/h1,5-8,10-12H,9H2,2-3H3,(H,24,26,28)/b16-11+. The van der Waals surface area contributed by atoms with Gasteiger partial charge in [-0.25, -0.2) is 9.69 Å². The number of nitrogens with zero attached hydrogens (tertiary/aromatic N) is 1. The van der Waals surface area contributed by atoms with E-state index < -0.39 is 17.8 Å². The van der Waals surface area contributed by atoms with Crippen LogP contribution in [0.5, 0.6) is 5.75 Å². The van der Waals surface area contributed by atoms with Crippen LogP contribution in [0, 0.1) is 26.2 Å². The summed E-state index contributed by atoms with van der Waals surface area (Å²) in [6.07, 6.45) is 6.53. The number of carbonyl (C=O) groups excluding carboxylic acids is 3. The third-order valence-corrected chi connectivity index (χ3v) is 4.57. The lowest BCUT2D eigenvalue weighted by Gasteiger charge is -2.27. The summed E-state index contributed by atoms with van der Waals surface area (Å²) in [5.74, 6) is 1.24. The summed E-state index contributed by atoms with van der Waals surface area (Å²) in [6.45, 7) is 3.76. The largest absolute Gasteiger partial charge is 0.479 e. The molecule has 6 nitrogen and oxygen atoms in total. The molecule has 1 saturated heterocycles. The van der Waals surface area contributed by atoms with Crippen molar-refractivity contribution in [3.8, 4) is 18.1 Å². The molecule has 1 aliphatic heterocycles. The Bertz CT molecular complexity index is 1100. The fraction of sp³-hybridized carbons (Fsp3) is 0.136. The van der Waals surface area contributed by atoms with E-state index in [1.54, 1.807) is 37.3 Å². The number of barbiturate groups is 1. The van der Waals surface area contributed by atoms with Crippen LogP contribution in [0.4, 0.5) is 10.5 Å². The normalized spacial score (nSPS) is 15.3. The van der Waals surface area contributed by atoms with Crippen molar-refractivity contribution in [2.45, 2.75) is 13.8 Å². The number of aryl methyl sites for hydroxylation is 2. The molecule has 0 saturated carbocycles. The Morgan fingerprint density at radius 2 is 1.93 bits per heavy atom. The zero-order chi connectivity index (χ0) is 21.1. The second kappa shape index (κ2) is 8.21. The second-order valence-corrected chi connectivity index (χ2v) is 6.84. The Morgan fingerprint density at radius 3 is 2.59 bits per heavy atom. The van der Waals surface area contributed by atoms with E-state index in [4.69, 9.17) is 22.8 Å². The molecular formula is C22H17ClN2O4. The predicted molar refractivity (Wildman–Crippen MR) is 111 cm³/mol. The first-order valence-corrected chi connectivity index (χ1v) is 9.04. The van der Waals surface area contributed by atoms with Crippen LogP contribution in [0.15, 0.2) is 42.0 Å². The van der Waals surface area contributed by atoms with Crippen molar-refractivity contribution < 1.29 is 19.1 Å². The Morgan fingerprint density at radius 1 is 1.17 bits per heavy atom. The number of hydrogen-bond acceptors (Lipinski definition) is 4. The van der Waals surface area contributed by atoms with E-state index >= 15 is 0 Å². The smallest absolute Gasteiger partial charge is 0.335 e. The first-order chi connectivity index (χ1) is 13.8. The summed E-state index contributed by atoms with van der Waals surface area (Å²) in [4.78, 5) is 38.6. The van der Waals surface area contributed by atoms with Crippen LogP contribution >= 0.6 is 11.6 Å². The Kier molecular flexibility index (Phi) is 5.71. The lowest BCUT2D eigenvalue weighted by molar-refractivity contribution is -0.122. The van der Waals surface area contributed by atoms with Gasteiger partial charge in [0, 0.05) is 0 Å². The Hall–Kier alpha value is -3.56. The summed E-state index contributed by atoms with van der Waals surface area (Å²) in [5, 5.41) is 2.48. The third-order valence-electron chi connectivity index (χ3n) is 4.27. The van der Waals surface area contributed by atoms with E-state index in [0.29, 0.717) is 17.0 Å². The summed E-state index contributed by atoms with van der Waals surface area (Å²) in [7, 11) is 0. The monoisotopic (exact) mass is 408 g/mol. The molecular weight excluding hydrogens is 392 g/mol. The number of benzene rings is 2. The molecule has 7 heteroatoms. The van der Waals surface area contributed by atoms with Gasteiger partial charge in [-0.1, -0.05) is 41.3 Å². The topological polar surface area (TPSA) is 75.7 Å². The van der Waals surface area contributed by atoms with Crippen molar-refractivity contribution in [3.05, 3.63) is 63.7 Å². The maximum absolute atomic E-state index is 13.0. The maximum Gasteiger partial charge on any atom is 0.335 e. The Labute approximate surface area is 173 Å². The molecule has 0 atom stereocenters. The number of anilines is 1. The highest BCUT2D eigenvalue weighted by Gasteiger charge is 2.37. The van der Waals surface area contributed by atoms with Crippen molar-refractivity contribution in [1.29, 1.82) is 0 Å². The molecule has 4 amide bonds. The highest BCUT2D eigenvalue weighted by molar-refractivity contribution is 6.39. The minimum atomic E-state index is -0.792. The molecule has 3 rings (SSSR count). The van der Waals surface area contributed by atoms with Gasteiger partial charge in [0.2, 0.25) is 0 Å². The van der Waals surface area contributed by atoms with E-state index in [0.717, 1.165) is 16.0 Å². The molecule has 1 N–H and O–H groups in total. The molecule has 0 aromatic heterocycles. The molecule has 1 aliphatic rings. The average Bonchev–Trinajstić information content (AvgIpc) is 2.66. The fourth-order valence-corrected chi connectivity index (χ4v) is 3.19. The summed E-state index contributed by atoms with van der Waals surface area (Å²) >= 11 is 6.17. The van der Waals surface area contributed by atoms with Crippen LogP contribution in [0.2, 0.25) is 5.02 Å². The molecule has 0 spiro atoms. The van der Waals surface area contributed by atoms with Gasteiger partial charge < -0.3 is 4.74 Å². The van der Waals surface area contributed by atoms with E-state index in [-0.39, 0.29) is 17.2 Å². The molecule has 29 heavy (non-hydrogen) atoms.